The number of sulfonamides is 2. The number of ketones is 2. The van der Waals surface area contributed by atoms with Gasteiger partial charge in [-0.25, -0.2) is 16.8 Å². The van der Waals surface area contributed by atoms with Crippen LogP contribution in [0.1, 0.15) is 107 Å². The summed E-state index contributed by atoms with van der Waals surface area (Å²) >= 11 is 6.79. The lowest BCUT2D eigenvalue weighted by molar-refractivity contribution is -0.146. The molecule has 4 heterocycles. The number of ether oxygens (including phenoxy) is 4. The number of carbonyl (C=O) groups is 6. The van der Waals surface area contributed by atoms with Gasteiger partial charge in [0.25, 0.3) is 0 Å². The summed E-state index contributed by atoms with van der Waals surface area (Å²) in [5.74, 6) is -1.89. The Bertz CT molecular complexity index is 4500. The molecule has 4 N–H and O–H groups in total. The number of benzene rings is 6. The first-order chi connectivity index (χ1) is 48.3. The second-order valence-electron chi connectivity index (χ2n) is 24.4. The molecule has 0 aliphatic carbocycles. The second-order valence-corrected chi connectivity index (χ2v) is 30.1. The molecule has 0 saturated carbocycles. The Labute approximate surface area is 599 Å². The zero-order valence-electron chi connectivity index (χ0n) is 55.4. The maximum atomic E-state index is 14.7. The summed E-state index contributed by atoms with van der Waals surface area (Å²) in [6.07, 6.45) is 10.9. The predicted octanol–water partition coefficient (Wildman–Crippen LogP) is 10.8. The van der Waals surface area contributed by atoms with E-state index in [1.807, 2.05) is 6.07 Å². The molecule has 2 fully saturated rings. The number of anilines is 2. The van der Waals surface area contributed by atoms with Crippen molar-refractivity contribution < 1.29 is 64.6 Å². The lowest BCUT2D eigenvalue weighted by atomic mass is 9.92. The number of esters is 2. The van der Waals surface area contributed by atoms with Crippen molar-refractivity contribution in [1.82, 2.24) is 28.4 Å². The summed E-state index contributed by atoms with van der Waals surface area (Å²) in [7, 11) is -7.90. The zero-order valence-corrected chi connectivity index (χ0v) is 60.2. The van der Waals surface area contributed by atoms with E-state index in [-0.39, 0.29) is 134 Å². The summed E-state index contributed by atoms with van der Waals surface area (Å²) in [4.78, 5) is 93.0. The van der Waals surface area contributed by atoms with Gasteiger partial charge >= 0.3 is 11.9 Å². The van der Waals surface area contributed by atoms with Crippen LogP contribution in [0.25, 0.3) is 32.8 Å². The Morgan fingerprint density at radius 2 is 0.960 bits per heavy atom. The van der Waals surface area contributed by atoms with Crippen molar-refractivity contribution in [1.29, 1.82) is 0 Å². The van der Waals surface area contributed by atoms with Gasteiger partial charge in [0, 0.05) is 153 Å². The third kappa shape index (κ3) is 19.0. The number of nitrogen functional groups attached to an aromatic ring is 2. The van der Waals surface area contributed by atoms with E-state index in [0.29, 0.717) is 102 Å². The molecular weight excluding hydrogens is 1450 g/mol. The van der Waals surface area contributed by atoms with Crippen LogP contribution in [0.5, 0.6) is 0 Å². The molecule has 6 aromatic carbocycles. The lowest BCUT2D eigenvalue weighted by Gasteiger charge is -2.23. The van der Waals surface area contributed by atoms with Crippen LogP contribution >= 0.6 is 31.9 Å². The van der Waals surface area contributed by atoms with Crippen molar-refractivity contribution >= 4 is 120 Å². The van der Waals surface area contributed by atoms with Gasteiger partial charge in [0.1, 0.15) is 13.2 Å². The average Bonchev–Trinajstić information content (AvgIpc) is 0.887. The van der Waals surface area contributed by atoms with Gasteiger partial charge < -0.3 is 40.2 Å². The topological polar surface area (TPSA) is 298 Å². The standard InChI is InChI=1S/C74H80Br2N8O14S2/c75-57-24-20-51(21-25-57)73(89)62-15-7-12-53(70(62)77)48-68(87)97-44-42-95-40-41-96-43-45-98-69(88)49-55-46-56(47-63(71(55)78)74(90)52-22-26-58(76)27-23-52)72-61-14-9-17-65(60(61)29-31-80-72)100(93,94)84-35-11-33-82(37-39-84)67(86)19-6-4-2-1-3-5-18-66(85)81-32-10-34-83(38-36-81)99(91,92)64-16-8-13-54-50-79-30-28-59(54)64/h7-9,12-17,20-31,46-47,50H,1-6,10-11,18-19,32-45,48-49,77-78H2. The van der Waals surface area contributed by atoms with Crippen LogP contribution in [0, 0.1) is 0 Å². The van der Waals surface area contributed by atoms with Gasteiger partial charge in [-0.2, -0.15) is 8.61 Å². The van der Waals surface area contributed by atoms with Crippen molar-refractivity contribution in [3.05, 3.63) is 188 Å². The number of amides is 2. The van der Waals surface area contributed by atoms with Crippen molar-refractivity contribution in [2.24, 2.45) is 0 Å². The van der Waals surface area contributed by atoms with Crippen LogP contribution in [0.15, 0.2) is 165 Å². The van der Waals surface area contributed by atoms with E-state index in [0.717, 1.165) is 46.4 Å². The summed E-state index contributed by atoms with van der Waals surface area (Å²) in [6.45, 7) is 2.59. The summed E-state index contributed by atoms with van der Waals surface area (Å²) in [6, 6.07) is 35.2. The first-order valence-electron chi connectivity index (χ1n) is 33.4. The molecule has 2 aromatic heterocycles. The largest absolute Gasteiger partial charge is 0.463 e. The van der Waals surface area contributed by atoms with E-state index in [4.69, 9.17) is 35.4 Å². The van der Waals surface area contributed by atoms with E-state index < -0.39 is 37.8 Å². The predicted molar refractivity (Wildman–Crippen MR) is 387 cm³/mol. The number of fused-ring (bicyclic) bond motifs is 2. The highest BCUT2D eigenvalue weighted by Gasteiger charge is 2.32. The van der Waals surface area contributed by atoms with Gasteiger partial charge in [-0.05, 0) is 128 Å². The summed E-state index contributed by atoms with van der Waals surface area (Å²) in [5, 5.41) is 2.22. The minimum absolute atomic E-state index is 0.0250. The number of nitrogens with zero attached hydrogens (tertiary/aromatic N) is 6. The highest BCUT2D eigenvalue weighted by molar-refractivity contribution is 9.10. The fourth-order valence-corrected chi connectivity index (χ4v) is 16.3. The van der Waals surface area contributed by atoms with Gasteiger partial charge in [0.05, 0.1) is 54.8 Å². The van der Waals surface area contributed by atoms with Crippen molar-refractivity contribution in [3.8, 4) is 11.3 Å². The van der Waals surface area contributed by atoms with E-state index in [1.54, 1.807) is 144 Å². The van der Waals surface area contributed by atoms with Crippen molar-refractivity contribution in [2.45, 2.75) is 86.8 Å². The van der Waals surface area contributed by atoms with Crippen LogP contribution < -0.4 is 11.5 Å². The minimum Gasteiger partial charge on any atom is -0.463 e. The number of carbonyl (C=O) groups excluding carboxylic acids is 6. The van der Waals surface area contributed by atoms with Gasteiger partial charge in [0.2, 0.25) is 31.9 Å². The van der Waals surface area contributed by atoms with Crippen LogP contribution in [0.4, 0.5) is 11.4 Å². The number of para-hydroxylation sites is 1. The number of halogens is 2. The molecule has 0 bridgehead atoms. The van der Waals surface area contributed by atoms with Gasteiger partial charge in [-0.3, -0.25) is 38.7 Å². The number of pyridine rings is 2. The number of hydrogen-bond acceptors (Lipinski definition) is 18. The van der Waals surface area contributed by atoms with Crippen molar-refractivity contribution in [2.75, 3.05) is 103 Å². The molecular formula is C74H80Br2N8O14S2. The Morgan fingerprint density at radius 3 is 1.54 bits per heavy atom. The molecule has 2 amide bonds. The SMILES string of the molecule is Nc1c(CC(=O)OCCOCCOCCOC(=O)Cc2cc(-c3nccc4c(S(=O)(=O)N5CCCN(C(=O)CCCCCCCCC(=O)N6CCCN(S(=O)(=O)c7cccc8cnccc78)CC6)CC5)cccc34)cc(C(=O)c3ccc(Br)cc3)c2N)cccc1C(=O)c1ccc(Br)cc1. The molecule has 8 aromatic rings. The first-order valence-corrected chi connectivity index (χ1v) is 37.9. The van der Waals surface area contributed by atoms with Crippen LogP contribution in [0.2, 0.25) is 0 Å². The van der Waals surface area contributed by atoms with Crippen LogP contribution in [-0.4, -0.2) is 173 Å². The fraction of sp³-hybridized carbons (Fsp3) is 0.351. The Hall–Kier alpha value is -8.34. The summed E-state index contributed by atoms with van der Waals surface area (Å²) in [5.41, 5.74) is 16.0. The third-order valence-corrected chi connectivity index (χ3v) is 22.7. The maximum Gasteiger partial charge on any atom is 0.310 e. The highest BCUT2D eigenvalue weighted by atomic mass is 79.9. The normalized spacial score (nSPS) is 14.2. The molecule has 100 heavy (non-hydrogen) atoms. The molecule has 26 heteroatoms. The van der Waals surface area contributed by atoms with E-state index >= 15 is 0 Å². The molecule has 0 spiro atoms. The van der Waals surface area contributed by atoms with Crippen LogP contribution in [-0.2, 0) is 71.0 Å². The Balaban J connectivity index is 0.667. The monoisotopic (exact) mass is 1530 g/mol. The quantitative estimate of drug-likeness (QED) is 0.0177. The third-order valence-electron chi connectivity index (χ3n) is 17.7. The van der Waals surface area contributed by atoms with E-state index in [9.17, 15) is 45.6 Å². The number of hydrogen-bond donors (Lipinski definition) is 2. The van der Waals surface area contributed by atoms with E-state index in [2.05, 4.69) is 36.8 Å². The highest BCUT2D eigenvalue weighted by Crippen LogP contribution is 2.36. The molecule has 10 rings (SSSR count). The number of nitrogens with two attached hydrogens (primary N) is 2. The van der Waals surface area contributed by atoms with Gasteiger partial charge in [-0.15, -0.1) is 0 Å². The van der Waals surface area contributed by atoms with Gasteiger partial charge in [0.15, 0.2) is 11.6 Å². The second kappa shape index (κ2) is 35.3. The number of aromatic nitrogens is 2. The molecule has 0 radical (unpaired) electrons. The molecule has 526 valence electrons. The Kier molecular flexibility index (Phi) is 26.3. The minimum atomic E-state index is -4.13. The first kappa shape index (κ1) is 74.4. The van der Waals surface area contributed by atoms with Crippen LogP contribution in [0.3, 0.4) is 0 Å². The summed E-state index contributed by atoms with van der Waals surface area (Å²) < 4.78 is 83.5. The molecule has 2 aliphatic heterocycles. The zero-order chi connectivity index (χ0) is 70.8. The fourth-order valence-electron chi connectivity index (χ4n) is 12.4. The van der Waals surface area contributed by atoms with Gasteiger partial charge in [-0.1, -0.05) is 93.9 Å². The smallest absolute Gasteiger partial charge is 0.310 e. The van der Waals surface area contributed by atoms with Crippen molar-refractivity contribution in [3.63, 3.8) is 0 Å². The molecule has 0 atom stereocenters. The number of rotatable bonds is 31. The molecule has 2 saturated heterocycles. The van der Waals surface area contributed by atoms with E-state index in [1.165, 1.54) is 14.8 Å². The molecule has 2 aliphatic rings. The maximum absolute atomic E-state index is 14.7. The molecule has 22 nitrogen and oxygen atoms in total. The lowest BCUT2D eigenvalue weighted by Crippen LogP contribution is -2.37. The average molecular weight is 1530 g/mol. The Morgan fingerprint density at radius 1 is 0.470 bits per heavy atom. The number of unbranched alkanes of at least 4 members (excludes halogenated alkanes) is 5. The molecule has 0 unspecified atom stereocenters.